The Morgan fingerprint density at radius 3 is 2.52 bits per heavy atom. The van der Waals surface area contributed by atoms with Crippen LogP contribution in [0.5, 0.6) is 0 Å². The zero-order chi connectivity index (χ0) is 18.2. The predicted octanol–water partition coefficient (Wildman–Crippen LogP) is -0.0265. The first-order chi connectivity index (χ1) is 11.8. The molecule has 0 fully saturated rings. The molecule has 1 heterocycles. The molecule has 0 radical (unpaired) electrons. The van der Waals surface area contributed by atoms with Crippen LogP contribution in [0.25, 0.3) is 11.1 Å². The van der Waals surface area contributed by atoms with E-state index in [1.165, 1.54) is 54.1 Å². The van der Waals surface area contributed by atoms with Gasteiger partial charge in [0.1, 0.15) is 0 Å². The van der Waals surface area contributed by atoms with Crippen LogP contribution in [0.4, 0.5) is 0 Å². The van der Waals surface area contributed by atoms with E-state index in [0.717, 1.165) is 0 Å². The normalized spacial score (nSPS) is 11.7. The third-order valence-electron chi connectivity index (χ3n) is 3.73. The van der Waals surface area contributed by atoms with Crippen molar-refractivity contribution in [1.29, 1.82) is 0 Å². The van der Waals surface area contributed by atoms with Crippen molar-refractivity contribution < 1.29 is 22.7 Å². The lowest BCUT2D eigenvalue weighted by Gasteiger charge is -2.08. The van der Waals surface area contributed by atoms with Gasteiger partial charge in [0.2, 0.25) is 10.0 Å². The van der Waals surface area contributed by atoms with Gasteiger partial charge in [0.25, 0.3) is 0 Å². The lowest BCUT2D eigenvalue weighted by atomic mass is 10.1. The minimum absolute atomic E-state index is 0.0103. The maximum atomic E-state index is 12.4. The summed E-state index contributed by atoms with van der Waals surface area (Å²) < 4.78 is 33.4. The minimum Gasteiger partial charge on any atom is -0.545 e. The SMILES string of the molecule is Cn1c(=O)oc2cc(S(=O)(=O)NCc3ccc(C(=O)[O-])cc3)ccc21. The number of carboxylic acid groups (broad SMARTS) is 1. The highest BCUT2D eigenvalue weighted by Gasteiger charge is 2.16. The number of hydrogen-bond acceptors (Lipinski definition) is 6. The molecule has 0 aliphatic heterocycles. The molecule has 130 valence electrons. The van der Waals surface area contributed by atoms with E-state index in [4.69, 9.17) is 4.42 Å². The molecule has 0 atom stereocenters. The second kappa shape index (κ2) is 6.19. The van der Waals surface area contributed by atoms with Crippen LogP contribution >= 0.6 is 0 Å². The lowest BCUT2D eigenvalue weighted by molar-refractivity contribution is -0.255. The summed E-state index contributed by atoms with van der Waals surface area (Å²) in [5.74, 6) is -1.88. The molecule has 1 N–H and O–H groups in total. The number of aryl methyl sites for hydroxylation is 1. The van der Waals surface area contributed by atoms with Crippen molar-refractivity contribution in [3.63, 3.8) is 0 Å². The van der Waals surface area contributed by atoms with Gasteiger partial charge >= 0.3 is 5.76 Å². The molecule has 2 aromatic carbocycles. The summed E-state index contributed by atoms with van der Waals surface area (Å²) >= 11 is 0. The molecule has 8 nitrogen and oxygen atoms in total. The molecule has 25 heavy (non-hydrogen) atoms. The zero-order valence-electron chi connectivity index (χ0n) is 13.1. The first-order valence-corrected chi connectivity index (χ1v) is 8.66. The van der Waals surface area contributed by atoms with Gasteiger partial charge in [-0.1, -0.05) is 24.3 Å². The second-order valence-electron chi connectivity index (χ2n) is 5.37. The van der Waals surface area contributed by atoms with Crippen LogP contribution in [0.3, 0.4) is 0 Å². The Balaban J connectivity index is 1.81. The minimum atomic E-state index is -3.83. The average molecular weight is 361 g/mol. The monoisotopic (exact) mass is 361 g/mol. The second-order valence-corrected chi connectivity index (χ2v) is 7.13. The largest absolute Gasteiger partial charge is 0.545 e. The Labute approximate surface area is 142 Å². The number of carbonyl (C=O) groups excluding carboxylic acids is 1. The van der Waals surface area contributed by atoms with Crippen molar-refractivity contribution in [3.05, 3.63) is 64.1 Å². The van der Waals surface area contributed by atoms with Gasteiger partial charge in [0, 0.05) is 19.7 Å². The van der Waals surface area contributed by atoms with Crippen LogP contribution in [0, 0.1) is 0 Å². The summed E-state index contributed by atoms with van der Waals surface area (Å²) in [6.07, 6.45) is 0. The predicted molar refractivity (Wildman–Crippen MR) is 86.3 cm³/mol. The highest BCUT2D eigenvalue weighted by molar-refractivity contribution is 7.89. The van der Waals surface area contributed by atoms with Gasteiger partial charge in [-0.05, 0) is 23.3 Å². The lowest BCUT2D eigenvalue weighted by Crippen LogP contribution is -2.24. The van der Waals surface area contributed by atoms with Gasteiger partial charge < -0.3 is 14.3 Å². The van der Waals surface area contributed by atoms with Gasteiger partial charge in [-0.2, -0.15) is 0 Å². The van der Waals surface area contributed by atoms with Crippen LogP contribution in [0.2, 0.25) is 0 Å². The number of nitrogens with one attached hydrogen (secondary N) is 1. The van der Waals surface area contributed by atoms with E-state index in [9.17, 15) is 23.1 Å². The molecular formula is C16H13N2O6S-. The molecule has 3 aromatic rings. The van der Waals surface area contributed by atoms with Crippen LogP contribution in [-0.2, 0) is 23.6 Å². The van der Waals surface area contributed by atoms with Gasteiger partial charge in [-0.25, -0.2) is 17.9 Å². The molecule has 0 aliphatic rings. The topological polar surface area (TPSA) is 121 Å². The van der Waals surface area contributed by atoms with E-state index in [0.29, 0.717) is 11.1 Å². The zero-order valence-corrected chi connectivity index (χ0v) is 13.9. The first-order valence-electron chi connectivity index (χ1n) is 7.17. The molecule has 0 bridgehead atoms. The number of fused-ring (bicyclic) bond motifs is 1. The van der Waals surface area contributed by atoms with Gasteiger partial charge in [0.05, 0.1) is 16.4 Å². The fourth-order valence-corrected chi connectivity index (χ4v) is 3.33. The van der Waals surface area contributed by atoms with Crippen molar-refractivity contribution >= 4 is 27.1 Å². The number of rotatable bonds is 5. The number of aromatic nitrogens is 1. The Kier molecular flexibility index (Phi) is 4.19. The standard InChI is InChI=1S/C16H14N2O6S/c1-18-13-7-6-12(8-14(13)24-16(18)21)25(22,23)17-9-10-2-4-11(5-3-10)15(19)20/h2-8,17H,9H2,1H3,(H,19,20)/p-1. The summed E-state index contributed by atoms with van der Waals surface area (Å²) in [5, 5.41) is 10.7. The van der Waals surface area contributed by atoms with Gasteiger partial charge in [0.15, 0.2) is 5.58 Å². The van der Waals surface area contributed by atoms with E-state index < -0.39 is 21.7 Å². The van der Waals surface area contributed by atoms with E-state index in [1.807, 2.05) is 0 Å². The Morgan fingerprint density at radius 1 is 1.20 bits per heavy atom. The van der Waals surface area contributed by atoms with Crippen LogP contribution in [-0.4, -0.2) is 19.0 Å². The van der Waals surface area contributed by atoms with E-state index in [2.05, 4.69) is 4.72 Å². The molecular weight excluding hydrogens is 348 g/mol. The third kappa shape index (κ3) is 3.32. The number of aromatic carboxylic acids is 1. The molecule has 0 aliphatic carbocycles. The van der Waals surface area contributed by atoms with E-state index >= 15 is 0 Å². The van der Waals surface area contributed by atoms with Crippen molar-refractivity contribution in [3.8, 4) is 0 Å². The first kappa shape index (κ1) is 16.9. The Bertz CT molecular complexity index is 1110. The van der Waals surface area contributed by atoms with Gasteiger partial charge in [-0.15, -0.1) is 0 Å². The van der Waals surface area contributed by atoms with Crippen LogP contribution < -0.4 is 15.6 Å². The number of benzene rings is 2. The maximum absolute atomic E-state index is 12.4. The fourth-order valence-electron chi connectivity index (χ4n) is 2.30. The molecule has 0 saturated carbocycles. The summed E-state index contributed by atoms with van der Waals surface area (Å²) in [4.78, 5) is 22.1. The van der Waals surface area contributed by atoms with Crippen LogP contribution in [0.15, 0.2) is 56.6 Å². The highest BCUT2D eigenvalue weighted by atomic mass is 32.2. The summed E-state index contributed by atoms with van der Waals surface area (Å²) in [6, 6.07) is 9.80. The number of nitrogens with zero attached hydrogens (tertiary/aromatic N) is 1. The number of hydrogen-bond donors (Lipinski definition) is 1. The summed E-state index contributed by atoms with van der Waals surface area (Å²) in [7, 11) is -2.31. The van der Waals surface area contributed by atoms with Gasteiger partial charge in [-0.3, -0.25) is 4.57 Å². The van der Waals surface area contributed by atoms with Crippen molar-refractivity contribution in [2.45, 2.75) is 11.4 Å². The Morgan fingerprint density at radius 2 is 1.88 bits per heavy atom. The summed E-state index contributed by atoms with van der Waals surface area (Å²) in [5.41, 5.74) is 1.26. The Hall–Kier alpha value is -2.91. The van der Waals surface area contributed by atoms with Crippen LogP contribution in [0.1, 0.15) is 15.9 Å². The third-order valence-corrected chi connectivity index (χ3v) is 5.13. The molecule has 0 spiro atoms. The summed E-state index contributed by atoms with van der Waals surface area (Å²) in [6.45, 7) is -0.0214. The quantitative estimate of drug-likeness (QED) is 0.681. The number of sulfonamides is 1. The van der Waals surface area contributed by atoms with Crippen molar-refractivity contribution in [1.82, 2.24) is 9.29 Å². The molecule has 9 heteroatoms. The average Bonchev–Trinajstić information content (AvgIpc) is 2.87. The highest BCUT2D eigenvalue weighted by Crippen LogP contribution is 2.18. The molecule has 1 aromatic heterocycles. The number of oxazole rings is 1. The number of carbonyl (C=O) groups is 1. The van der Waals surface area contributed by atoms with Crippen molar-refractivity contribution in [2.75, 3.05) is 0 Å². The molecule has 0 amide bonds. The van der Waals surface area contributed by atoms with E-state index in [1.54, 1.807) is 0 Å². The molecule has 0 unspecified atom stereocenters. The number of carboxylic acids is 1. The molecule has 0 saturated heterocycles. The van der Waals surface area contributed by atoms with Crippen molar-refractivity contribution in [2.24, 2.45) is 7.05 Å². The maximum Gasteiger partial charge on any atom is 0.419 e. The fraction of sp³-hybridized carbons (Fsp3) is 0.125. The molecule has 3 rings (SSSR count). The smallest absolute Gasteiger partial charge is 0.419 e. The van der Waals surface area contributed by atoms with E-state index in [-0.39, 0.29) is 22.6 Å².